The van der Waals surface area contributed by atoms with E-state index < -0.39 is 34.2 Å². The highest BCUT2D eigenvalue weighted by atomic mass is 16.6. The SMILES string of the molecule is CCOC(=O)C(C(=O)OC(C)(C)C)c1cnc([N+](=O)[O-])cn1. The Bertz CT molecular complexity index is 564. The molecule has 0 aliphatic heterocycles. The third kappa shape index (κ3) is 4.76. The molecule has 0 aliphatic carbocycles. The van der Waals surface area contributed by atoms with Gasteiger partial charge in [-0.25, -0.2) is 4.98 Å². The predicted molar refractivity (Wildman–Crippen MR) is 73.9 cm³/mol. The van der Waals surface area contributed by atoms with Gasteiger partial charge in [-0.15, -0.1) is 0 Å². The lowest BCUT2D eigenvalue weighted by atomic mass is 10.1. The van der Waals surface area contributed by atoms with Crippen LogP contribution in [0.5, 0.6) is 0 Å². The zero-order valence-electron chi connectivity index (χ0n) is 12.7. The first-order valence-corrected chi connectivity index (χ1v) is 6.51. The van der Waals surface area contributed by atoms with Crippen molar-refractivity contribution in [2.45, 2.75) is 39.2 Å². The van der Waals surface area contributed by atoms with E-state index in [2.05, 4.69) is 9.97 Å². The zero-order valence-corrected chi connectivity index (χ0v) is 12.7. The van der Waals surface area contributed by atoms with Crippen molar-refractivity contribution < 1.29 is 24.0 Å². The van der Waals surface area contributed by atoms with E-state index in [1.54, 1.807) is 27.7 Å². The fourth-order valence-corrected chi connectivity index (χ4v) is 1.50. The van der Waals surface area contributed by atoms with Gasteiger partial charge < -0.3 is 19.6 Å². The smallest absolute Gasteiger partial charge is 0.381 e. The van der Waals surface area contributed by atoms with Crippen molar-refractivity contribution in [1.29, 1.82) is 0 Å². The number of hydrogen-bond acceptors (Lipinski definition) is 8. The maximum Gasteiger partial charge on any atom is 0.381 e. The second-order valence-corrected chi connectivity index (χ2v) is 5.28. The lowest BCUT2D eigenvalue weighted by molar-refractivity contribution is -0.389. The molecule has 0 aliphatic rings. The largest absolute Gasteiger partial charge is 0.465 e. The zero-order chi connectivity index (χ0) is 16.9. The summed E-state index contributed by atoms with van der Waals surface area (Å²) in [6, 6.07) is 0. The molecule has 1 rings (SSSR count). The monoisotopic (exact) mass is 311 g/mol. The van der Waals surface area contributed by atoms with Crippen LogP contribution in [0.1, 0.15) is 39.3 Å². The molecule has 1 aromatic heterocycles. The van der Waals surface area contributed by atoms with Crippen molar-refractivity contribution in [3.8, 4) is 0 Å². The summed E-state index contributed by atoms with van der Waals surface area (Å²) in [7, 11) is 0. The van der Waals surface area contributed by atoms with E-state index in [1.807, 2.05) is 0 Å². The van der Waals surface area contributed by atoms with Gasteiger partial charge in [-0.1, -0.05) is 0 Å². The van der Waals surface area contributed by atoms with Crippen LogP contribution < -0.4 is 0 Å². The summed E-state index contributed by atoms with van der Waals surface area (Å²) in [5.74, 6) is -3.63. The van der Waals surface area contributed by atoms with Crippen LogP contribution in [0.25, 0.3) is 0 Å². The van der Waals surface area contributed by atoms with Crippen LogP contribution in [-0.4, -0.2) is 39.0 Å². The minimum Gasteiger partial charge on any atom is -0.465 e. The number of carbonyl (C=O) groups excluding carboxylic acids is 2. The number of carbonyl (C=O) groups is 2. The first-order chi connectivity index (χ1) is 10.2. The molecule has 0 radical (unpaired) electrons. The summed E-state index contributed by atoms with van der Waals surface area (Å²) in [5.41, 5.74) is -0.881. The van der Waals surface area contributed by atoms with Crippen LogP contribution in [0.4, 0.5) is 5.82 Å². The number of nitrogens with zero attached hydrogens (tertiary/aromatic N) is 3. The molecule has 120 valence electrons. The van der Waals surface area contributed by atoms with Gasteiger partial charge in [0.05, 0.1) is 6.61 Å². The van der Waals surface area contributed by atoms with E-state index in [9.17, 15) is 19.7 Å². The molecule has 0 amide bonds. The van der Waals surface area contributed by atoms with E-state index in [0.717, 1.165) is 12.4 Å². The Kier molecular flexibility index (Phi) is 5.50. The number of esters is 2. The highest BCUT2D eigenvalue weighted by Crippen LogP contribution is 2.21. The van der Waals surface area contributed by atoms with Crippen molar-refractivity contribution in [2.75, 3.05) is 6.61 Å². The summed E-state index contributed by atoms with van der Waals surface area (Å²) in [6.07, 6.45) is 1.86. The highest BCUT2D eigenvalue weighted by Gasteiger charge is 2.36. The van der Waals surface area contributed by atoms with Gasteiger partial charge in [-0.2, -0.15) is 0 Å². The summed E-state index contributed by atoms with van der Waals surface area (Å²) < 4.78 is 9.99. The van der Waals surface area contributed by atoms with Crippen LogP contribution >= 0.6 is 0 Å². The molecule has 22 heavy (non-hydrogen) atoms. The van der Waals surface area contributed by atoms with Gasteiger partial charge in [-0.05, 0) is 37.6 Å². The number of ether oxygens (including phenoxy) is 2. The first-order valence-electron chi connectivity index (χ1n) is 6.51. The maximum absolute atomic E-state index is 12.2. The molecule has 0 aromatic carbocycles. The van der Waals surface area contributed by atoms with Gasteiger partial charge in [0.25, 0.3) is 0 Å². The predicted octanol–water partition coefficient (Wildman–Crippen LogP) is 1.37. The Labute approximate surface area is 126 Å². The minimum atomic E-state index is -1.44. The van der Waals surface area contributed by atoms with E-state index in [4.69, 9.17) is 9.47 Å². The second kappa shape index (κ2) is 6.92. The van der Waals surface area contributed by atoms with E-state index in [0.29, 0.717) is 0 Å². The molecule has 1 aromatic rings. The van der Waals surface area contributed by atoms with Crippen molar-refractivity contribution in [1.82, 2.24) is 9.97 Å². The molecule has 0 spiro atoms. The molecule has 0 saturated heterocycles. The normalized spacial score (nSPS) is 12.4. The first kappa shape index (κ1) is 17.5. The molecule has 0 fully saturated rings. The third-order valence-corrected chi connectivity index (χ3v) is 2.31. The topological polar surface area (TPSA) is 122 Å². The molecule has 1 heterocycles. The van der Waals surface area contributed by atoms with Crippen LogP contribution in [0.3, 0.4) is 0 Å². The summed E-state index contributed by atoms with van der Waals surface area (Å²) in [4.78, 5) is 41.3. The number of hydrogen-bond donors (Lipinski definition) is 0. The van der Waals surface area contributed by atoms with Crippen LogP contribution in [0, 0.1) is 10.1 Å². The number of aromatic nitrogens is 2. The quantitative estimate of drug-likeness (QED) is 0.346. The van der Waals surface area contributed by atoms with Gasteiger partial charge in [0.15, 0.2) is 12.1 Å². The summed E-state index contributed by atoms with van der Waals surface area (Å²) >= 11 is 0. The van der Waals surface area contributed by atoms with Gasteiger partial charge in [-0.3, -0.25) is 9.59 Å². The molecule has 1 unspecified atom stereocenters. The lowest BCUT2D eigenvalue weighted by Gasteiger charge is -2.22. The molecule has 9 nitrogen and oxygen atoms in total. The Morgan fingerprint density at radius 2 is 1.91 bits per heavy atom. The Morgan fingerprint density at radius 1 is 1.27 bits per heavy atom. The van der Waals surface area contributed by atoms with Crippen molar-refractivity contribution in [3.05, 3.63) is 28.2 Å². The Morgan fingerprint density at radius 3 is 2.32 bits per heavy atom. The van der Waals surface area contributed by atoms with Crippen LogP contribution in [0.2, 0.25) is 0 Å². The summed E-state index contributed by atoms with van der Waals surface area (Å²) in [5, 5.41) is 10.6. The van der Waals surface area contributed by atoms with Crippen LogP contribution in [0.15, 0.2) is 12.4 Å². The van der Waals surface area contributed by atoms with Gasteiger partial charge in [0.1, 0.15) is 17.5 Å². The molecule has 0 saturated carbocycles. The number of nitro groups is 1. The second-order valence-electron chi connectivity index (χ2n) is 5.28. The standard InChI is InChI=1S/C13H17N3O6/c1-5-21-11(17)10(12(18)22-13(2,3)4)8-6-15-9(7-14-8)16(19)20/h6-7,10H,5H2,1-4H3. The average molecular weight is 311 g/mol. The fraction of sp³-hybridized carbons (Fsp3) is 0.538. The molecule has 0 bridgehead atoms. The van der Waals surface area contributed by atoms with E-state index in [-0.39, 0.29) is 12.3 Å². The van der Waals surface area contributed by atoms with E-state index >= 15 is 0 Å². The lowest BCUT2D eigenvalue weighted by Crippen LogP contribution is -2.33. The third-order valence-electron chi connectivity index (χ3n) is 2.31. The van der Waals surface area contributed by atoms with E-state index in [1.165, 1.54) is 0 Å². The molecule has 9 heteroatoms. The Balaban J connectivity index is 3.12. The van der Waals surface area contributed by atoms with Gasteiger partial charge in [0.2, 0.25) is 0 Å². The highest BCUT2D eigenvalue weighted by molar-refractivity contribution is 6.00. The van der Waals surface area contributed by atoms with Crippen LogP contribution in [-0.2, 0) is 19.1 Å². The average Bonchev–Trinajstić information content (AvgIpc) is 2.37. The van der Waals surface area contributed by atoms with Gasteiger partial charge >= 0.3 is 17.8 Å². The minimum absolute atomic E-state index is 0.0680. The fourth-order valence-electron chi connectivity index (χ4n) is 1.50. The molecular weight excluding hydrogens is 294 g/mol. The van der Waals surface area contributed by atoms with Crippen molar-refractivity contribution in [2.24, 2.45) is 0 Å². The Hall–Kier alpha value is -2.58. The summed E-state index contributed by atoms with van der Waals surface area (Å²) in [6.45, 7) is 6.60. The molecule has 0 N–H and O–H groups in total. The van der Waals surface area contributed by atoms with Gasteiger partial charge in [0, 0.05) is 0 Å². The van der Waals surface area contributed by atoms with Crippen molar-refractivity contribution >= 4 is 17.8 Å². The maximum atomic E-state index is 12.2. The molecule has 1 atom stereocenters. The van der Waals surface area contributed by atoms with Crippen molar-refractivity contribution in [3.63, 3.8) is 0 Å². The number of rotatable bonds is 5. The molecular formula is C13H17N3O6.